The maximum absolute atomic E-state index is 12.2. The Morgan fingerprint density at radius 2 is 1.82 bits per heavy atom. The van der Waals surface area contributed by atoms with Gasteiger partial charge in [0.25, 0.3) is 5.79 Å². The van der Waals surface area contributed by atoms with Crippen molar-refractivity contribution in [2.45, 2.75) is 83.3 Å². The van der Waals surface area contributed by atoms with Crippen LogP contribution in [0.25, 0.3) is 0 Å². The number of allylic oxidation sites excluding steroid dienone is 4. The highest BCUT2D eigenvalue weighted by atomic mass is 16.7. The largest absolute Gasteiger partial charge is 0.477 e. The monoisotopic (exact) mass is 394 g/mol. The molecule has 0 amide bonds. The molecule has 0 aliphatic heterocycles. The maximum Gasteiger partial charge on any atom is 0.364 e. The van der Waals surface area contributed by atoms with Crippen molar-refractivity contribution in [2.75, 3.05) is 14.2 Å². The number of carbonyl (C=O) groups is 2. The molecule has 0 aromatic rings. The highest BCUT2D eigenvalue weighted by Gasteiger charge is 2.38. The Morgan fingerprint density at radius 1 is 1.11 bits per heavy atom. The zero-order valence-electron chi connectivity index (χ0n) is 17.8. The molecule has 1 rings (SSSR count). The summed E-state index contributed by atoms with van der Waals surface area (Å²) in [5.74, 6) is -1.99. The molecule has 1 N–H and O–H groups in total. The lowest BCUT2D eigenvalue weighted by molar-refractivity contribution is -0.227. The maximum atomic E-state index is 12.2. The molecule has 1 aliphatic rings. The van der Waals surface area contributed by atoms with Crippen LogP contribution >= 0.6 is 0 Å². The smallest absolute Gasteiger partial charge is 0.364 e. The molecule has 0 unspecified atom stereocenters. The number of Topliss-reactive ketones (excluding diaryl/α,β-unsaturated/α-hetero) is 1. The Labute approximate surface area is 170 Å². The average Bonchev–Trinajstić information content (AvgIpc) is 3.03. The third-order valence-corrected chi connectivity index (χ3v) is 5.69. The molecular formula is C23H38O5. The van der Waals surface area contributed by atoms with E-state index in [4.69, 9.17) is 9.47 Å². The van der Waals surface area contributed by atoms with Gasteiger partial charge in [0.05, 0.1) is 0 Å². The van der Waals surface area contributed by atoms with Gasteiger partial charge in [-0.05, 0) is 38.0 Å². The number of carbonyl (C=O) groups excluding carboxylic acids is 1. The van der Waals surface area contributed by atoms with Crippen molar-refractivity contribution in [3.05, 3.63) is 24.3 Å². The van der Waals surface area contributed by atoms with Gasteiger partial charge in [0.2, 0.25) is 0 Å². The Bertz CT molecular complexity index is 519. The number of aliphatic carboxylic acids is 1. The summed E-state index contributed by atoms with van der Waals surface area (Å²) in [6.45, 7) is 2.23. The Kier molecular flexibility index (Phi) is 12.0. The molecule has 5 nitrogen and oxygen atoms in total. The lowest BCUT2D eigenvalue weighted by atomic mass is 9.91. The van der Waals surface area contributed by atoms with Crippen LogP contribution in [0, 0.1) is 11.8 Å². The first-order chi connectivity index (χ1) is 13.5. The summed E-state index contributed by atoms with van der Waals surface area (Å²) in [5.41, 5.74) is 0. The van der Waals surface area contributed by atoms with Crippen LogP contribution in [-0.4, -0.2) is 36.9 Å². The number of rotatable bonds is 15. The van der Waals surface area contributed by atoms with Crippen LogP contribution in [0.4, 0.5) is 0 Å². The van der Waals surface area contributed by atoms with Crippen LogP contribution in [-0.2, 0) is 19.1 Å². The summed E-state index contributed by atoms with van der Waals surface area (Å²) in [5, 5.41) is 9.26. The molecular weight excluding hydrogens is 356 g/mol. The van der Waals surface area contributed by atoms with Crippen LogP contribution < -0.4 is 0 Å². The molecule has 28 heavy (non-hydrogen) atoms. The zero-order valence-corrected chi connectivity index (χ0v) is 17.8. The molecule has 0 spiro atoms. The third kappa shape index (κ3) is 7.88. The van der Waals surface area contributed by atoms with Crippen LogP contribution in [0.2, 0.25) is 0 Å². The lowest BCUT2D eigenvalue weighted by Gasteiger charge is -2.25. The molecule has 2 atom stereocenters. The fraction of sp³-hybridized carbons (Fsp3) is 0.739. The second-order valence-electron chi connectivity index (χ2n) is 7.62. The summed E-state index contributed by atoms with van der Waals surface area (Å²) in [6.07, 6.45) is 19.0. The third-order valence-electron chi connectivity index (χ3n) is 5.69. The molecule has 0 radical (unpaired) electrons. The van der Waals surface area contributed by atoms with Gasteiger partial charge >= 0.3 is 5.97 Å². The van der Waals surface area contributed by atoms with Crippen molar-refractivity contribution in [2.24, 2.45) is 11.8 Å². The second-order valence-corrected chi connectivity index (χ2v) is 7.62. The molecule has 160 valence electrons. The van der Waals surface area contributed by atoms with E-state index >= 15 is 0 Å². The van der Waals surface area contributed by atoms with Gasteiger partial charge in [0, 0.05) is 33.0 Å². The van der Waals surface area contributed by atoms with Crippen molar-refractivity contribution < 1.29 is 24.2 Å². The topological polar surface area (TPSA) is 72.8 Å². The predicted molar refractivity (Wildman–Crippen MR) is 111 cm³/mol. The highest BCUT2D eigenvalue weighted by Crippen LogP contribution is 2.33. The summed E-state index contributed by atoms with van der Waals surface area (Å²) < 4.78 is 10.1. The molecule has 1 aliphatic carbocycles. The minimum Gasteiger partial charge on any atom is -0.477 e. The quantitative estimate of drug-likeness (QED) is 0.232. The van der Waals surface area contributed by atoms with Crippen molar-refractivity contribution in [3.63, 3.8) is 0 Å². The number of carboxylic acids is 1. The first-order valence-corrected chi connectivity index (χ1v) is 10.7. The standard InChI is InChI=1S/C23H38O5/c1-4-5-6-7-8-9-11-14-19-16-17-21(24)20(19)15-12-10-13-18-23(27-2,28-3)22(25)26/h10-12,14,19-20H,4-9,13,15-18H2,1-3H3,(H,25,26)/b12-10-,14-11+/t19-,20+/m0/s1. The second kappa shape index (κ2) is 13.7. The van der Waals surface area contributed by atoms with E-state index in [1.807, 2.05) is 12.2 Å². The van der Waals surface area contributed by atoms with Gasteiger partial charge in [-0.2, -0.15) is 0 Å². The van der Waals surface area contributed by atoms with E-state index in [2.05, 4.69) is 19.1 Å². The van der Waals surface area contributed by atoms with E-state index in [9.17, 15) is 14.7 Å². The first-order valence-electron chi connectivity index (χ1n) is 10.7. The molecule has 0 aromatic heterocycles. The molecule has 1 saturated carbocycles. The number of hydrogen-bond donors (Lipinski definition) is 1. The Balaban J connectivity index is 2.40. The van der Waals surface area contributed by atoms with Gasteiger partial charge in [-0.3, -0.25) is 4.79 Å². The van der Waals surface area contributed by atoms with E-state index in [0.717, 1.165) is 12.8 Å². The fourth-order valence-corrected chi connectivity index (χ4v) is 3.81. The minimum atomic E-state index is -1.60. The van der Waals surface area contributed by atoms with Crippen molar-refractivity contribution in [1.29, 1.82) is 0 Å². The van der Waals surface area contributed by atoms with E-state index in [1.165, 1.54) is 46.3 Å². The van der Waals surface area contributed by atoms with Crippen LogP contribution in [0.3, 0.4) is 0 Å². The lowest BCUT2D eigenvalue weighted by Crippen LogP contribution is -2.42. The Morgan fingerprint density at radius 3 is 2.46 bits per heavy atom. The summed E-state index contributed by atoms with van der Waals surface area (Å²) in [7, 11) is 2.67. The van der Waals surface area contributed by atoms with Gasteiger partial charge in [0.15, 0.2) is 0 Å². The fourth-order valence-electron chi connectivity index (χ4n) is 3.81. The molecule has 1 fully saturated rings. The number of unbranched alkanes of at least 4 members (excludes halogenated alkanes) is 5. The van der Waals surface area contributed by atoms with Gasteiger partial charge in [0.1, 0.15) is 5.78 Å². The molecule has 0 heterocycles. The van der Waals surface area contributed by atoms with Gasteiger partial charge < -0.3 is 14.6 Å². The van der Waals surface area contributed by atoms with Gasteiger partial charge in [-0.15, -0.1) is 0 Å². The van der Waals surface area contributed by atoms with E-state index in [-0.39, 0.29) is 12.3 Å². The van der Waals surface area contributed by atoms with Crippen molar-refractivity contribution in [1.82, 2.24) is 0 Å². The number of carboxylic acid groups (broad SMARTS) is 1. The van der Waals surface area contributed by atoms with Gasteiger partial charge in [-0.25, -0.2) is 4.79 Å². The number of hydrogen-bond acceptors (Lipinski definition) is 4. The SMILES string of the molecule is CCCCCCC/C=C/[C@H]1CCC(=O)[C@@H]1C/C=C\CCC(OC)(OC)C(=O)O. The molecule has 0 saturated heterocycles. The number of ether oxygens (including phenoxy) is 2. The van der Waals surface area contributed by atoms with E-state index in [1.54, 1.807) is 0 Å². The Hall–Kier alpha value is -1.46. The number of methoxy groups -OCH3 is 2. The molecule has 5 heteroatoms. The van der Waals surface area contributed by atoms with E-state index < -0.39 is 11.8 Å². The first kappa shape index (κ1) is 24.6. The number of ketones is 1. The predicted octanol–water partition coefficient (Wildman–Crippen LogP) is 5.30. The highest BCUT2D eigenvalue weighted by molar-refractivity contribution is 5.83. The van der Waals surface area contributed by atoms with Crippen LogP contribution in [0.15, 0.2) is 24.3 Å². The van der Waals surface area contributed by atoms with E-state index in [0.29, 0.717) is 31.0 Å². The van der Waals surface area contributed by atoms with Gasteiger partial charge in [-0.1, -0.05) is 56.9 Å². The summed E-state index contributed by atoms with van der Waals surface area (Å²) in [6, 6.07) is 0. The van der Waals surface area contributed by atoms with Crippen molar-refractivity contribution >= 4 is 11.8 Å². The van der Waals surface area contributed by atoms with Crippen LogP contribution in [0.5, 0.6) is 0 Å². The normalized spacial score (nSPS) is 20.6. The molecule has 0 aromatic carbocycles. The summed E-state index contributed by atoms with van der Waals surface area (Å²) >= 11 is 0. The summed E-state index contributed by atoms with van der Waals surface area (Å²) in [4.78, 5) is 23.5. The average molecular weight is 395 g/mol. The zero-order chi connectivity index (χ0) is 20.8. The van der Waals surface area contributed by atoms with Crippen molar-refractivity contribution in [3.8, 4) is 0 Å². The molecule has 0 bridgehead atoms. The minimum absolute atomic E-state index is 0.0571. The van der Waals surface area contributed by atoms with Crippen LogP contribution in [0.1, 0.15) is 77.6 Å².